The number of hydrazone groups is 1. The van der Waals surface area contributed by atoms with E-state index in [0.29, 0.717) is 5.92 Å². The van der Waals surface area contributed by atoms with Gasteiger partial charge in [0.15, 0.2) is 0 Å². The zero-order valence-electron chi connectivity index (χ0n) is 12.3. The quantitative estimate of drug-likeness (QED) is 0.650. The minimum Gasteiger partial charge on any atom is -0.273 e. The largest absolute Gasteiger partial charge is 0.273 e. The number of hydrogen-bond acceptors (Lipinski definition) is 2. The second kappa shape index (κ2) is 6.44. The fourth-order valence-corrected chi connectivity index (χ4v) is 2.80. The van der Waals surface area contributed by atoms with E-state index in [1.807, 2.05) is 49.4 Å². The van der Waals surface area contributed by atoms with E-state index in [4.69, 9.17) is 0 Å². The normalized spacial score (nSPS) is 20.5. The number of carbonyl (C=O) groups excluding carboxylic acids is 1. The number of benzene rings is 2. The van der Waals surface area contributed by atoms with Gasteiger partial charge in [0.2, 0.25) is 5.91 Å². The maximum absolute atomic E-state index is 12.2. The monoisotopic (exact) mass is 356 g/mol. The lowest BCUT2D eigenvalue weighted by Crippen LogP contribution is -2.21. The Kier molecular flexibility index (Phi) is 4.39. The van der Waals surface area contributed by atoms with Crippen molar-refractivity contribution >= 4 is 27.5 Å². The highest BCUT2D eigenvalue weighted by molar-refractivity contribution is 9.10. The number of amides is 1. The number of rotatable bonds is 4. The molecule has 1 aliphatic carbocycles. The average molecular weight is 357 g/mol. The van der Waals surface area contributed by atoms with Gasteiger partial charge in [-0.3, -0.25) is 4.79 Å². The number of nitrogens with zero attached hydrogens (tertiary/aromatic N) is 1. The predicted molar refractivity (Wildman–Crippen MR) is 91.8 cm³/mol. The van der Waals surface area contributed by atoms with Gasteiger partial charge in [0, 0.05) is 10.4 Å². The molecule has 0 aliphatic heterocycles. The van der Waals surface area contributed by atoms with Crippen LogP contribution in [0.15, 0.2) is 64.2 Å². The topological polar surface area (TPSA) is 41.5 Å². The standard InChI is InChI=1S/C18H17BrN2O/c1-12(13-7-9-15(19)10-8-13)20-21-18(22)17-11-16(17)14-5-3-2-4-6-14/h2-10,16-17H,11H2,1H3,(H,21,22)/t16-,17+/m0/s1. The van der Waals surface area contributed by atoms with Crippen LogP contribution in [-0.2, 0) is 4.79 Å². The molecule has 0 radical (unpaired) electrons. The SMILES string of the molecule is CC(=NNC(=O)[C@@H]1C[C@H]1c1ccccc1)c1ccc(Br)cc1. The first-order valence-electron chi connectivity index (χ1n) is 7.30. The van der Waals surface area contributed by atoms with E-state index in [1.54, 1.807) is 0 Å². The highest BCUT2D eigenvalue weighted by Crippen LogP contribution is 2.47. The van der Waals surface area contributed by atoms with E-state index >= 15 is 0 Å². The Morgan fingerprint density at radius 3 is 2.50 bits per heavy atom. The Balaban J connectivity index is 1.59. The van der Waals surface area contributed by atoms with Crippen molar-refractivity contribution in [1.29, 1.82) is 0 Å². The zero-order valence-corrected chi connectivity index (χ0v) is 13.9. The highest BCUT2D eigenvalue weighted by atomic mass is 79.9. The Morgan fingerprint density at radius 2 is 1.82 bits per heavy atom. The van der Waals surface area contributed by atoms with Crippen LogP contribution < -0.4 is 5.43 Å². The van der Waals surface area contributed by atoms with E-state index in [-0.39, 0.29) is 11.8 Å². The molecular formula is C18H17BrN2O. The van der Waals surface area contributed by atoms with Gasteiger partial charge in [-0.15, -0.1) is 0 Å². The molecule has 22 heavy (non-hydrogen) atoms. The summed E-state index contributed by atoms with van der Waals surface area (Å²) in [6.07, 6.45) is 0.905. The third kappa shape index (κ3) is 3.45. The van der Waals surface area contributed by atoms with Crippen LogP contribution in [0.2, 0.25) is 0 Å². The van der Waals surface area contributed by atoms with E-state index in [0.717, 1.165) is 22.2 Å². The molecule has 0 spiro atoms. The van der Waals surface area contributed by atoms with Crippen molar-refractivity contribution in [1.82, 2.24) is 5.43 Å². The van der Waals surface area contributed by atoms with Crippen LogP contribution >= 0.6 is 15.9 Å². The lowest BCUT2D eigenvalue weighted by Gasteiger charge is -2.03. The van der Waals surface area contributed by atoms with Crippen molar-refractivity contribution in [3.63, 3.8) is 0 Å². The fraction of sp³-hybridized carbons (Fsp3) is 0.222. The third-order valence-electron chi connectivity index (χ3n) is 3.95. The van der Waals surface area contributed by atoms with E-state index < -0.39 is 0 Å². The summed E-state index contributed by atoms with van der Waals surface area (Å²) in [4.78, 5) is 12.2. The number of carbonyl (C=O) groups is 1. The minimum atomic E-state index is 0.00492. The predicted octanol–water partition coefficient (Wildman–Crippen LogP) is 4.09. The van der Waals surface area contributed by atoms with Gasteiger partial charge in [-0.05, 0) is 42.5 Å². The molecule has 2 atom stereocenters. The molecule has 2 aromatic rings. The summed E-state index contributed by atoms with van der Waals surface area (Å²) in [6, 6.07) is 18.0. The Bertz CT molecular complexity index is 695. The second-order valence-corrected chi connectivity index (χ2v) is 6.46. The van der Waals surface area contributed by atoms with Crippen molar-refractivity contribution in [2.75, 3.05) is 0 Å². The first kappa shape index (κ1) is 15.0. The summed E-state index contributed by atoms with van der Waals surface area (Å²) in [5, 5.41) is 4.22. The maximum Gasteiger partial charge on any atom is 0.243 e. The van der Waals surface area contributed by atoms with Crippen molar-refractivity contribution < 1.29 is 4.79 Å². The molecule has 0 bridgehead atoms. The van der Waals surface area contributed by atoms with Crippen molar-refractivity contribution in [2.24, 2.45) is 11.0 Å². The van der Waals surface area contributed by atoms with Gasteiger partial charge in [0.1, 0.15) is 0 Å². The van der Waals surface area contributed by atoms with Gasteiger partial charge in [-0.1, -0.05) is 58.4 Å². The summed E-state index contributed by atoms with van der Waals surface area (Å²) in [5.74, 6) is 0.388. The van der Waals surface area contributed by atoms with Crippen molar-refractivity contribution in [3.05, 3.63) is 70.2 Å². The lowest BCUT2D eigenvalue weighted by atomic mass is 10.1. The van der Waals surface area contributed by atoms with E-state index in [9.17, 15) is 4.79 Å². The maximum atomic E-state index is 12.2. The highest BCUT2D eigenvalue weighted by Gasteiger charge is 2.43. The second-order valence-electron chi connectivity index (χ2n) is 5.54. The van der Waals surface area contributed by atoms with Crippen LogP contribution in [0.4, 0.5) is 0 Å². The molecule has 1 fully saturated rings. The first-order valence-corrected chi connectivity index (χ1v) is 8.09. The van der Waals surface area contributed by atoms with E-state index in [1.165, 1.54) is 5.56 Å². The molecule has 1 N–H and O–H groups in total. The number of nitrogens with one attached hydrogen (secondary N) is 1. The Hall–Kier alpha value is -1.94. The molecule has 1 saturated carbocycles. The molecule has 2 aromatic carbocycles. The van der Waals surface area contributed by atoms with Gasteiger partial charge < -0.3 is 0 Å². The summed E-state index contributed by atoms with van der Waals surface area (Å²) in [7, 11) is 0. The molecule has 1 amide bonds. The molecule has 4 heteroatoms. The van der Waals surface area contributed by atoms with Gasteiger partial charge in [-0.25, -0.2) is 5.43 Å². The van der Waals surface area contributed by atoms with Crippen LogP contribution in [0.5, 0.6) is 0 Å². The van der Waals surface area contributed by atoms with Crippen LogP contribution in [0.1, 0.15) is 30.4 Å². The van der Waals surface area contributed by atoms with Crippen LogP contribution in [0, 0.1) is 5.92 Å². The summed E-state index contributed by atoms with van der Waals surface area (Å²) < 4.78 is 1.02. The molecule has 0 aromatic heterocycles. The molecule has 3 nitrogen and oxygen atoms in total. The smallest absolute Gasteiger partial charge is 0.243 e. The minimum absolute atomic E-state index is 0.00492. The summed E-state index contributed by atoms with van der Waals surface area (Å²) >= 11 is 3.40. The van der Waals surface area contributed by atoms with Crippen LogP contribution in [0.25, 0.3) is 0 Å². The molecule has 0 heterocycles. The molecule has 0 saturated heterocycles. The molecule has 0 unspecified atom stereocenters. The average Bonchev–Trinajstić information content (AvgIpc) is 3.34. The Morgan fingerprint density at radius 1 is 1.14 bits per heavy atom. The van der Waals surface area contributed by atoms with Gasteiger partial charge in [-0.2, -0.15) is 5.10 Å². The molecule has 1 aliphatic rings. The number of hydrogen-bond donors (Lipinski definition) is 1. The zero-order chi connectivity index (χ0) is 15.5. The fourth-order valence-electron chi connectivity index (χ4n) is 2.53. The summed E-state index contributed by atoms with van der Waals surface area (Å²) in [6.45, 7) is 1.89. The summed E-state index contributed by atoms with van der Waals surface area (Å²) in [5.41, 5.74) is 5.73. The molecular weight excluding hydrogens is 340 g/mol. The van der Waals surface area contributed by atoms with Gasteiger partial charge in [0.05, 0.1) is 5.71 Å². The lowest BCUT2D eigenvalue weighted by molar-refractivity contribution is -0.122. The van der Waals surface area contributed by atoms with E-state index in [2.05, 4.69) is 38.6 Å². The van der Waals surface area contributed by atoms with Crippen molar-refractivity contribution in [2.45, 2.75) is 19.3 Å². The third-order valence-corrected chi connectivity index (χ3v) is 4.48. The number of halogens is 1. The first-order chi connectivity index (χ1) is 10.6. The van der Waals surface area contributed by atoms with Gasteiger partial charge in [0.25, 0.3) is 0 Å². The molecule has 112 valence electrons. The van der Waals surface area contributed by atoms with Crippen LogP contribution in [0.3, 0.4) is 0 Å². The van der Waals surface area contributed by atoms with Crippen molar-refractivity contribution in [3.8, 4) is 0 Å². The van der Waals surface area contributed by atoms with Gasteiger partial charge >= 0.3 is 0 Å². The molecule has 3 rings (SSSR count). The Labute approximate surface area is 138 Å². The van der Waals surface area contributed by atoms with Crippen LogP contribution in [-0.4, -0.2) is 11.6 Å².